The van der Waals surface area contributed by atoms with Gasteiger partial charge < -0.3 is 5.11 Å². The molecule has 0 aromatic carbocycles. The Morgan fingerprint density at radius 3 is 1.91 bits per heavy atom. The van der Waals surface area contributed by atoms with E-state index in [1.807, 2.05) is 0 Å². The predicted octanol–water partition coefficient (Wildman–Crippen LogP) is 2.12. The lowest BCUT2D eigenvalue weighted by molar-refractivity contribution is -0.213. The van der Waals surface area contributed by atoms with Crippen LogP contribution in [-0.2, 0) is 0 Å². The molecule has 4 heteroatoms. The standard InChI is InChI=1S/C7H11F3O/c1-4(2)5(3)6(11)7(8,9)10/h5-6,11H,1H2,2-3H3. The first-order valence-electron chi connectivity index (χ1n) is 3.17. The second-order valence-electron chi connectivity index (χ2n) is 2.62. The van der Waals surface area contributed by atoms with Crippen molar-refractivity contribution in [2.75, 3.05) is 0 Å². The third-order valence-electron chi connectivity index (χ3n) is 1.59. The first-order chi connectivity index (χ1) is 4.76. The molecule has 0 amide bonds. The molecule has 0 bridgehead atoms. The lowest BCUT2D eigenvalue weighted by Crippen LogP contribution is -2.34. The number of hydrogen-bond acceptors (Lipinski definition) is 1. The van der Waals surface area contributed by atoms with E-state index in [1.54, 1.807) is 0 Å². The quantitative estimate of drug-likeness (QED) is 0.626. The van der Waals surface area contributed by atoms with E-state index in [0.717, 1.165) is 0 Å². The highest BCUT2D eigenvalue weighted by Gasteiger charge is 2.41. The molecule has 66 valence electrons. The van der Waals surface area contributed by atoms with Crippen LogP contribution in [0.2, 0.25) is 0 Å². The fourth-order valence-corrected chi connectivity index (χ4v) is 0.553. The number of hydrogen-bond donors (Lipinski definition) is 1. The highest BCUT2D eigenvalue weighted by molar-refractivity contribution is 4.98. The lowest BCUT2D eigenvalue weighted by atomic mass is 9.97. The average Bonchev–Trinajstić information content (AvgIpc) is 1.82. The van der Waals surface area contributed by atoms with Crippen LogP contribution in [0.25, 0.3) is 0 Å². The first-order valence-corrected chi connectivity index (χ1v) is 3.17. The maximum Gasteiger partial charge on any atom is 0.414 e. The smallest absolute Gasteiger partial charge is 0.383 e. The van der Waals surface area contributed by atoms with Crippen LogP contribution in [0.1, 0.15) is 13.8 Å². The Bertz CT molecular complexity index is 150. The van der Waals surface area contributed by atoms with Gasteiger partial charge in [0.05, 0.1) is 0 Å². The van der Waals surface area contributed by atoms with Crippen molar-refractivity contribution in [3.8, 4) is 0 Å². The zero-order chi connectivity index (χ0) is 9.23. The maximum atomic E-state index is 11.8. The van der Waals surface area contributed by atoms with Crippen LogP contribution in [0.3, 0.4) is 0 Å². The van der Waals surface area contributed by atoms with Gasteiger partial charge in [-0.15, -0.1) is 0 Å². The van der Waals surface area contributed by atoms with Crippen LogP contribution in [0.4, 0.5) is 13.2 Å². The molecule has 0 heterocycles. The molecule has 0 rings (SSSR count). The van der Waals surface area contributed by atoms with Crippen LogP contribution in [0.15, 0.2) is 12.2 Å². The molecule has 0 spiro atoms. The van der Waals surface area contributed by atoms with Crippen LogP contribution < -0.4 is 0 Å². The molecule has 0 aromatic rings. The summed E-state index contributed by atoms with van der Waals surface area (Å²) in [6.45, 7) is 6.08. The van der Waals surface area contributed by atoms with Gasteiger partial charge in [-0.05, 0) is 6.92 Å². The molecular formula is C7H11F3O. The van der Waals surface area contributed by atoms with Crippen molar-refractivity contribution in [1.82, 2.24) is 0 Å². The van der Waals surface area contributed by atoms with Crippen molar-refractivity contribution < 1.29 is 18.3 Å². The van der Waals surface area contributed by atoms with Crippen LogP contribution >= 0.6 is 0 Å². The molecule has 0 aromatic heterocycles. The zero-order valence-electron chi connectivity index (χ0n) is 6.44. The summed E-state index contributed by atoms with van der Waals surface area (Å²) in [7, 11) is 0. The van der Waals surface area contributed by atoms with Crippen LogP contribution in [0, 0.1) is 5.92 Å². The van der Waals surface area contributed by atoms with Crippen LogP contribution in [0.5, 0.6) is 0 Å². The summed E-state index contributed by atoms with van der Waals surface area (Å²) in [5, 5.41) is 8.64. The van der Waals surface area contributed by atoms with Gasteiger partial charge in [0.15, 0.2) is 6.10 Å². The SMILES string of the molecule is C=C(C)C(C)C(O)C(F)(F)F. The molecule has 1 N–H and O–H groups in total. The molecule has 0 aliphatic heterocycles. The maximum absolute atomic E-state index is 11.8. The van der Waals surface area contributed by atoms with E-state index in [1.165, 1.54) is 13.8 Å². The Morgan fingerprint density at radius 1 is 1.45 bits per heavy atom. The van der Waals surface area contributed by atoms with Gasteiger partial charge in [-0.2, -0.15) is 13.2 Å². The second kappa shape index (κ2) is 3.26. The van der Waals surface area contributed by atoms with Gasteiger partial charge >= 0.3 is 6.18 Å². The van der Waals surface area contributed by atoms with Crippen molar-refractivity contribution in [1.29, 1.82) is 0 Å². The minimum atomic E-state index is -4.54. The molecule has 11 heavy (non-hydrogen) atoms. The van der Waals surface area contributed by atoms with Crippen molar-refractivity contribution >= 4 is 0 Å². The highest BCUT2D eigenvalue weighted by atomic mass is 19.4. The Morgan fingerprint density at radius 2 is 1.82 bits per heavy atom. The summed E-state index contributed by atoms with van der Waals surface area (Å²) in [5.41, 5.74) is 0.329. The molecule has 0 saturated heterocycles. The van der Waals surface area contributed by atoms with Gasteiger partial charge in [0.2, 0.25) is 0 Å². The first kappa shape index (κ1) is 10.5. The lowest BCUT2D eigenvalue weighted by Gasteiger charge is -2.21. The fraction of sp³-hybridized carbons (Fsp3) is 0.714. The van der Waals surface area contributed by atoms with Crippen molar-refractivity contribution in [2.24, 2.45) is 5.92 Å². The van der Waals surface area contributed by atoms with Gasteiger partial charge in [-0.1, -0.05) is 19.1 Å². The van der Waals surface area contributed by atoms with E-state index in [-0.39, 0.29) is 0 Å². The normalized spacial score (nSPS) is 17.6. The van der Waals surface area contributed by atoms with Crippen LogP contribution in [-0.4, -0.2) is 17.4 Å². The van der Waals surface area contributed by atoms with Crippen molar-refractivity contribution in [2.45, 2.75) is 26.1 Å². The summed E-state index contributed by atoms with van der Waals surface area (Å²) < 4.78 is 35.3. The third kappa shape index (κ3) is 2.93. The van der Waals surface area contributed by atoms with Crippen molar-refractivity contribution in [3.05, 3.63) is 12.2 Å². The molecule has 0 aliphatic carbocycles. The monoisotopic (exact) mass is 168 g/mol. The summed E-state index contributed by atoms with van der Waals surface area (Å²) in [5.74, 6) is -0.935. The minimum absolute atomic E-state index is 0.329. The Labute approximate surface area is 63.5 Å². The zero-order valence-corrected chi connectivity index (χ0v) is 6.44. The van der Waals surface area contributed by atoms with E-state index >= 15 is 0 Å². The van der Waals surface area contributed by atoms with E-state index in [9.17, 15) is 13.2 Å². The number of rotatable bonds is 2. The third-order valence-corrected chi connectivity index (χ3v) is 1.59. The largest absolute Gasteiger partial charge is 0.414 e. The topological polar surface area (TPSA) is 20.2 Å². The summed E-state index contributed by atoms with van der Waals surface area (Å²) in [6.07, 6.45) is -6.83. The number of alkyl halides is 3. The summed E-state index contributed by atoms with van der Waals surface area (Å²) >= 11 is 0. The Hall–Kier alpha value is -0.510. The van der Waals surface area contributed by atoms with Gasteiger partial charge in [-0.3, -0.25) is 0 Å². The van der Waals surface area contributed by atoms with E-state index < -0.39 is 18.2 Å². The molecule has 1 nitrogen and oxygen atoms in total. The number of aliphatic hydroxyl groups is 1. The van der Waals surface area contributed by atoms with E-state index in [2.05, 4.69) is 6.58 Å². The van der Waals surface area contributed by atoms with E-state index in [4.69, 9.17) is 5.11 Å². The van der Waals surface area contributed by atoms with Gasteiger partial charge in [0.1, 0.15) is 0 Å². The number of halogens is 3. The van der Waals surface area contributed by atoms with E-state index in [0.29, 0.717) is 5.57 Å². The Balaban J connectivity index is 4.25. The summed E-state index contributed by atoms with van der Waals surface area (Å²) in [6, 6.07) is 0. The molecule has 0 saturated carbocycles. The molecule has 0 aliphatic rings. The van der Waals surface area contributed by atoms with Gasteiger partial charge in [-0.25, -0.2) is 0 Å². The second-order valence-corrected chi connectivity index (χ2v) is 2.62. The molecular weight excluding hydrogens is 157 g/mol. The van der Waals surface area contributed by atoms with Gasteiger partial charge in [0, 0.05) is 5.92 Å². The molecule has 0 radical (unpaired) electrons. The van der Waals surface area contributed by atoms with Gasteiger partial charge in [0.25, 0.3) is 0 Å². The predicted molar refractivity (Wildman–Crippen MR) is 36.0 cm³/mol. The fourth-order valence-electron chi connectivity index (χ4n) is 0.553. The minimum Gasteiger partial charge on any atom is -0.383 e. The number of aliphatic hydroxyl groups excluding tert-OH is 1. The Kier molecular flexibility index (Phi) is 3.11. The molecule has 0 fully saturated rings. The molecule has 2 atom stereocenters. The average molecular weight is 168 g/mol. The summed E-state index contributed by atoms with van der Waals surface area (Å²) in [4.78, 5) is 0. The molecule has 2 unspecified atom stereocenters. The van der Waals surface area contributed by atoms with Crippen molar-refractivity contribution in [3.63, 3.8) is 0 Å². The highest BCUT2D eigenvalue weighted by Crippen LogP contribution is 2.28.